The second kappa shape index (κ2) is 5.82. The van der Waals surface area contributed by atoms with Crippen LogP contribution in [0, 0.1) is 11.3 Å². The van der Waals surface area contributed by atoms with Gasteiger partial charge < -0.3 is 4.98 Å². The van der Waals surface area contributed by atoms with Crippen LogP contribution in [0.2, 0.25) is 0 Å². The van der Waals surface area contributed by atoms with Crippen molar-refractivity contribution in [1.82, 2.24) is 4.98 Å². The van der Waals surface area contributed by atoms with Gasteiger partial charge in [-0.1, -0.05) is 6.07 Å². The van der Waals surface area contributed by atoms with Gasteiger partial charge in [-0.2, -0.15) is 18.4 Å². The monoisotopic (exact) mass is 365 g/mol. The van der Waals surface area contributed by atoms with E-state index in [-0.39, 0.29) is 21.5 Å². The number of nitriles is 1. The highest BCUT2D eigenvalue weighted by Gasteiger charge is 2.31. The number of rotatable bonds is 3. The number of benzene rings is 2. The molecule has 0 unspecified atom stereocenters. The Hall–Kier alpha value is -2.99. The minimum absolute atomic E-state index is 0.0648. The fourth-order valence-corrected chi connectivity index (χ4v) is 3.56. The third-order valence-corrected chi connectivity index (χ3v) is 4.95. The Morgan fingerprint density at radius 3 is 2.36 bits per heavy atom. The SMILES string of the molecule is N#Cc1ccc(NS(=O)(=O)c2c[nH]c3cc(C(F)(F)F)ccc23)cc1. The second-order valence-corrected chi connectivity index (χ2v) is 6.86. The maximum absolute atomic E-state index is 12.7. The zero-order chi connectivity index (χ0) is 18.2. The van der Waals surface area contributed by atoms with Gasteiger partial charge in [0.15, 0.2) is 0 Å². The van der Waals surface area contributed by atoms with E-state index in [1.807, 2.05) is 6.07 Å². The summed E-state index contributed by atoms with van der Waals surface area (Å²) in [7, 11) is -4.01. The lowest BCUT2D eigenvalue weighted by molar-refractivity contribution is -0.137. The van der Waals surface area contributed by atoms with E-state index in [0.717, 1.165) is 24.4 Å². The maximum atomic E-state index is 12.7. The van der Waals surface area contributed by atoms with Crippen molar-refractivity contribution in [1.29, 1.82) is 5.26 Å². The molecule has 0 fully saturated rings. The molecule has 2 aromatic carbocycles. The van der Waals surface area contributed by atoms with Crippen LogP contribution in [0.3, 0.4) is 0 Å². The minimum Gasteiger partial charge on any atom is -0.360 e. The van der Waals surface area contributed by atoms with Gasteiger partial charge in [0.2, 0.25) is 0 Å². The summed E-state index contributed by atoms with van der Waals surface area (Å²) in [6, 6.07) is 10.5. The van der Waals surface area contributed by atoms with E-state index in [1.165, 1.54) is 24.3 Å². The lowest BCUT2D eigenvalue weighted by Crippen LogP contribution is -2.12. The van der Waals surface area contributed by atoms with E-state index in [0.29, 0.717) is 5.56 Å². The fraction of sp³-hybridized carbons (Fsp3) is 0.0625. The normalized spacial score (nSPS) is 12.1. The van der Waals surface area contributed by atoms with E-state index in [4.69, 9.17) is 5.26 Å². The Balaban J connectivity index is 1.98. The first-order valence-corrected chi connectivity index (χ1v) is 8.40. The van der Waals surface area contributed by atoms with Crippen molar-refractivity contribution in [2.24, 2.45) is 0 Å². The van der Waals surface area contributed by atoms with Crippen LogP contribution < -0.4 is 4.72 Å². The van der Waals surface area contributed by atoms with Gasteiger partial charge in [-0.05, 0) is 36.4 Å². The Morgan fingerprint density at radius 1 is 1.08 bits per heavy atom. The topological polar surface area (TPSA) is 85.8 Å². The van der Waals surface area contributed by atoms with E-state index in [2.05, 4.69) is 9.71 Å². The van der Waals surface area contributed by atoms with Gasteiger partial charge in [-0.25, -0.2) is 8.42 Å². The molecule has 3 rings (SSSR count). The molecule has 2 N–H and O–H groups in total. The number of alkyl halides is 3. The minimum atomic E-state index is -4.51. The molecule has 0 bridgehead atoms. The quantitative estimate of drug-likeness (QED) is 0.739. The molecule has 5 nitrogen and oxygen atoms in total. The summed E-state index contributed by atoms with van der Waals surface area (Å²) < 4.78 is 65.5. The Kier molecular flexibility index (Phi) is 3.93. The summed E-state index contributed by atoms with van der Waals surface area (Å²) in [4.78, 5) is 2.38. The zero-order valence-corrected chi connectivity index (χ0v) is 13.2. The van der Waals surface area contributed by atoms with Crippen LogP contribution in [-0.4, -0.2) is 13.4 Å². The average Bonchev–Trinajstić information content (AvgIpc) is 2.98. The van der Waals surface area contributed by atoms with Crippen molar-refractivity contribution >= 4 is 26.6 Å². The molecule has 0 aliphatic heterocycles. The molecular weight excluding hydrogens is 355 g/mol. The van der Waals surface area contributed by atoms with Crippen LogP contribution >= 0.6 is 0 Å². The third kappa shape index (κ3) is 3.29. The molecule has 3 aromatic rings. The van der Waals surface area contributed by atoms with Crippen LogP contribution in [0.5, 0.6) is 0 Å². The highest BCUT2D eigenvalue weighted by molar-refractivity contribution is 7.93. The number of halogens is 3. The first-order chi connectivity index (χ1) is 11.7. The molecule has 0 aliphatic rings. The number of nitrogens with zero attached hydrogens (tertiary/aromatic N) is 1. The number of fused-ring (bicyclic) bond motifs is 1. The summed E-state index contributed by atoms with van der Waals surface area (Å²) in [5, 5.41) is 8.88. The van der Waals surface area contributed by atoms with Gasteiger partial charge in [0, 0.05) is 22.8 Å². The molecule has 1 aromatic heterocycles. The molecule has 25 heavy (non-hydrogen) atoms. The van der Waals surface area contributed by atoms with Crippen molar-refractivity contribution in [3.05, 3.63) is 59.8 Å². The Morgan fingerprint density at radius 2 is 1.76 bits per heavy atom. The summed E-state index contributed by atoms with van der Waals surface area (Å²) in [6.45, 7) is 0. The lowest BCUT2D eigenvalue weighted by Gasteiger charge is -2.08. The fourth-order valence-electron chi connectivity index (χ4n) is 2.32. The van der Waals surface area contributed by atoms with Crippen LogP contribution in [0.1, 0.15) is 11.1 Å². The van der Waals surface area contributed by atoms with Gasteiger partial charge >= 0.3 is 6.18 Å². The molecule has 0 aliphatic carbocycles. The number of hydrogen-bond acceptors (Lipinski definition) is 3. The zero-order valence-electron chi connectivity index (χ0n) is 12.4. The largest absolute Gasteiger partial charge is 0.416 e. The molecular formula is C16H10F3N3O2S. The second-order valence-electron chi connectivity index (χ2n) is 5.21. The maximum Gasteiger partial charge on any atom is 0.416 e. The molecule has 9 heteroatoms. The number of sulfonamides is 1. The highest BCUT2D eigenvalue weighted by Crippen LogP contribution is 2.33. The summed E-state index contributed by atoms with van der Waals surface area (Å²) in [5.74, 6) is 0. The van der Waals surface area contributed by atoms with Crippen molar-refractivity contribution in [2.75, 3.05) is 4.72 Å². The van der Waals surface area contributed by atoms with Crippen LogP contribution in [0.4, 0.5) is 18.9 Å². The predicted molar refractivity (Wildman–Crippen MR) is 85.3 cm³/mol. The van der Waals surface area contributed by atoms with Crippen molar-refractivity contribution < 1.29 is 21.6 Å². The average molecular weight is 365 g/mol. The predicted octanol–water partition coefficient (Wildman–Crippen LogP) is 3.86. The van der Waals surface area contributed by atoms with Crippen molar-refractivity contribution in [2.45, 2.75) is 11.1 Å². The van der Waals surface area contributed by atoms with Crippen molar-refractivity contribution in [3.8, 4) is 6.07 Å². The molecule has 0 radical (unpaired) electrons. The number of H-pyrrole nitrogens is 1. The summed E-state index contributed by atoms with van der Waals surface area (Å²) in [6.07, 6.45) is -3.38. The molecule has 1 heterocycles. The van der Waals surface area contributed by atoms with E-state index < -0.39 is 21.8 Å². The Bertz CT molecular complexity index is 1080. The molecule has 0 saturated carbocycles. The van der Waals surface area contributed by atoms with Crippen LogP contribution in [-0.2, 0) is 16.2 Å². The number of nitrogens with one attached hydrogen (secondary N) is 2. The Labute approximate surface area is 140 Å². The molecule has 0 atom stereocenters. The van der Waals surface area contributed by atoms with E-state index >= 15 is 0 Å². The summed E-state index contributed by atoms with van der Waals surface area (Å²) in [5.41, 5.74) is -0.198. The van der Waals surface area contributed by atoms with Crippen LogP contribution in [0.25, 0.3) is 10.9 Å². The summed E-state index contributed by atoms with van der Waals surface area (Å²) >= 11 is 0. The van der Waals surface area contributed by atoms with E-state index in [1.54, 1.807) is 0 Å². The van der Waals surface area contributed by atoms with Gasteiger partial charge in [-0.15, -0.1) is 0 Å². The van der Waals surface area contributed by atoms with Gasteiger partial charge in [0.25, 0.3) is 10.0 Å². The number of aromatic nitrogens is 1. The smallest absolute Gasteiger partial charge is 0.360 e. The van der Waals surface area contributed by atoms with Crippen molar-refractivity contribution in [3.63, 3.8) is 0 Å². The molecule has 128 valence electrons. The number of hydrogen-bond donors (Lipinski definition) is 2. The van der Waals surface area contributed by atoms with Gasteiger partial charge in [0.1, 0.15) is 4.90 Å². The number of anilines is 1. The molecule has 0 saturated heterocycles. The van der Waals surface area contributed by atoms with Crippen LogP contribution in [0.15, 0.2) is 53.6 Å². The first-order valence-electron chi connectivity index (χ1n) is 6.92. The molecule has 0 amide bonds. The first kappa shape index (κ1) is 16.9. The third-order valence-electron chi connectivity index (χ3n) is 3.53. The number of aromatic amines is 1. The standard InChI is InChI=1S/C16H10F3N3O2S/c17-16(18,19)11-3-6-13-14(7-11)21-9-15(13)25(23,24)22-12-4-1-10(8-20)2-5-12/h1-7,9,21-22H. The molecule has 0 spiro atoms. The van der Waals surface area contributed by atoms with Gasteiger partial charge in [0.05, 0.1) is 17.2 Å². The van der Waals surface area contributed by atoms with Gasteiger partial charge in [-0.3, -0.25) is 4.72 Å². The highest BCUT2D eigenvalue weighted by atomic mass is 32.2. The van der Waals surface area contributed by atoms with E-state index in [9.17, 15) is 21.6 Å². The lowest BCUT2D eigenvalue weighted by atomic mass is 10.1.